The second-order valence-electron chi connectivity index (χ2n) is 5.14. The summed E-state index contributed by atoms with van der Waals surface area (Å²) in [5.41, 5.74) is 0.495. The summed E-state index contributed by atoms with van der Waals surface area (Å²) in [7, 11) is 0. The molecule has 0 radical (unpaired) electrons. The van der Waals surface area contributed by atoms with E-state index in [-0.39, 0.29) is 5.92 Å². The number of hydrogen-bond acceptors (Lipinski definition) is 5. The van der Waals surface area contributed by atoms with Crippen LogP contribution in [0.1, 0.15) is 38.0 Å². The number of likely N-dealkylation sites (N-methyl/N-ethyl adjacent to an activating group) is 1. The Morgan fingerprint density at radius 2 is 2.24 bits per heavy atom. The molecule has 0 spiro atoms. The van der Waals surface area contributed by atoms with Crippen LogP contribution in [0.2, 0.25) is 10.0 Å². The molecule has 1 N–H and O–H groups in total. The molecule has 0 amide bonds. The van der Waals surface area contributed by atoms with Gasteiger partial charge in [-0.3, -0.25) is 0 Å². The maximum absolute atomic E-state index is 6.13. The summed E-state index contributed by atoms with van der Waals surface area (Å²) in [5.74, 6) is 1.33. The van der Waals surface area contributed by atoms with Crippen molar-refractivity contribution < 1.29 is 4.52 Å². The molecule has 0 aliphatic heterocycles. The predicted molar refractivity (Wildman–Crippen MR) is 81.6 cm³/mol. The van der Waals surface area contributed by atoms with Crippen molar-refractivity contribution in [2.45, 2.75) is 38.1 Å². The Labute approximate surface area is 133 Å². The van der Waals surface area contributed by atoms with E-state index in [4.69, 9.17) is 27.7 Å². The average Bonchev–Trinajstić information content (AvgIpc) is 3.07. The lowest BCUT2D eigenvalue weighted by Gasteiger charge is -2.16. The molecule has 2 heterocycles. The first kappa shape index (κ1) is 14.8. The van der Waals surface area contributed by atoms with Crippen LogP contribution in [0.5, 0.6) is 0 Å². The molecule has 2 aromatic rings. The summed E-state index contributed by atoms with van der Waals surface area (Å²) in [6.07, 6.45) is 4.88. The summed E-state index contributed by atoms with van der Waals surface area (Å²) in [4.78, 5) is 8.66. The van der Waals surface area contributed by atoms with Gasteiger partial charge in [-0.2, -0.15) is 4.98 Å². The Kier molecular flexibility index (Phi) is 4.42. The van der Waals surface area contributed by atoms with Gasteiger partial charge in [0, 0.05) is 12.2 Å². The molecule has 0 bridgehead atoms. The highest BCUT2D eigenvalue weighted by atomic mass is 35.5. The van der Waals surface area contributed by atoms with Gasteiger partial charge in [-0.25, -0.2) is 4.98 Å². The van der Waals surface area contributed by atoms with Crippen molar-refractivity contribution in [2.24, 2.45) is 0 Å². The number of aromatic nitrogens is 3. The van der Waals surface area contributed by atoms with Crippen molar-refractivity contribution in [2.75, 3.05) is 6.54 Å². The van der Waals surface area contributed by atoms with Gasteiger partial charge < -0.3 is 9.84 Å². The van der Waals surface area contributed by atoms with Crippen LogP contribution in [0.4, 0.5) is 0 Å². The van der Waals surface area contributed by atoms with E-state index in [0.29, 0.717) is 33.5 Å². The van der Waals surface area contributed by atoms with E-state index in [1.165, 1.54) is 12.6 Å². The Balaban J connectivity index is 1.86. The standard InChI is InChI=1S/C14H16Cl2N4O/c1-2-17-11-5-3-4-9(11)14-19-13(20-21-14)12-10(16)6-8(15)7-18-12/h6-7,9,11,17H,2-5H2,1H3. The first-order chi connectivity index (χ1) is 10.2. The van der Waals surface area contributed by atoms with E-state index >= 15 is 0 Å². The smallest absolute Gasteiger partial charge is 0.231 e. The zero-order valence-corrected chi connectivity index (χ0v) is 13.2. The summed E-state index contributed by atoms with van der Waals surface area (Å²) in [5, 5.41) is 8.39. The third-order valence-electron chi connectivity index (χ3n) is 3.76. The molecule has 2 unspecified atom stereocenters. The van der Waals surface area contributed by atoms with Gasteiger partial charge in [0.2, 0.25) is 11.7 Å². The van der Waals surface area contributed by atoms with Crippen molar-refractivity contribution in [3.63, 3.8) is 0 Å². The normalized spacial score (nSPS) is 21.9. The molecule has 112 valence electrons. The molecule has 0 saturated heterocycles. The van der Waals surface area contributed by atoms with Crippen LogP contribution >= 0.6 is 23.2 Å². The number of halogens is 2. The minimum Gasteiger partial charge on any atom is -0.339 e. The van der Waals surface area contributed by atoms with Crippen molar-refractivity contribution in [3.05, 3.63) is 28.2 Å². The molecule has 21 heavy (non-hydrogen) atoms. The zero-order valence-electron chi connectivity index (χ0n) is 11.6. The van der Waals surface area contributed by atoms with E-state index in [9.17, 15) is 0 Å². The number of hydrogen-bond donors (Lipinski definition) is 1. The van der Waals surface area contributed by atoms with Crippen molar-refractivity contribution in [3.8, 4) is 11.5 Å². The molecule has 5 nitrogen and oxygen atoms in total. The molecule has 0 aromatic carbocycles. The molecule has 1 saturated carbocycles. The SMILES string of the molecule is CCNC1CCCC1c1nc(-c2ncc(Cl)cc2Cl)no1. The molecule has 7 heteroatoms. The fourth-order valence-corrected chi connectivity index (χ4v) is 3.29. The molecule has 1 aliphatic carbocycles. The molecule has 2 atom stereocenters. The molecule has 2 aromatic heterocycles. The summed E-state index contributed by atoms with van der Waals surface area (Å²) >= 11 is 12.0. The van der Waals surface area contributed by atoms with Crippen LogP contribution < -0.4 is 5.32 Å². The maximum atomic E-state index is 6.13. The van der Waals surface area contributed by atoms with Crippen LogP contribution in [0.3, 0.4) is 0 Å². The van der Waals surface area contributed by atoms with Crippen molar-refractivity contribution in [1.29, 1.82) is 0 Å². The monoisotopic (exact) mass is 326 g/mol. The van der Waals surface area contributed by atoms with Crippen LogP contribution in [-0.4, -0.2) is 27.7 Å². The van der Waals surface area contributed by atoms with E-state index < -0.39 is 0 Å². The number of pyridine rings is 1. The second-order valence-corrected chi connectivity index (χ2v) is 5.99. The zero-order chi connectivity index (χ0) is 14.8. The summed E-state index contributed by atoms with van der Waals surface area (Å²) in [6.45, 7) is 3.04. The molecular weight excluding hydrogens is 311 g/mol. The highest BCUT2D eigenvalue weighted by molar-refractivity contribution is 6.35. The van der Waals surface area contributed by atoms with Gasteiger partial charge in [-0.1, -0.05) is 41.7 Å². The van der Waals surface area contributed by atoms with E-state index in [0.717, 1.165) is 19.4 Å². The summed E-state index contributed by atoms with van der Waals surface area (Å²) < 4.78 is 5.43. The Bertz CT molecular complexity index is 631. The van der Waals surface area contributed by atoms with E-state index in [1.807, 2.05) is 0 Å². The Morgan fingerprint density at radius 3 is 3.00 bits per heavy atom. The first-order valence-corrected chi connectivity index (χ1v) is 7.83. The fourth-order valence-electron chi connectivity index (χ4n) is 2.82. The quantitative estimate of drug-likeness (QED) is 0.928. The van der Waals surface area contributed by atoms with E-state index in [1.54, 1.807) is 6.07 Å². The van der Waals surface area contributed by atoms with Crippen LogP contribution in [0, 0.1) is 0 Å². The van der Waals surface area contributed by atoms with Crippen molar-refractivity contribution >= 4 is 23.2 Å². The number of nitrogens with one attached hydrogen (secondary N) is 1. The largest absolute Gasteiger partial charge is 0.339 e. The molecule has 1 fully saturated rings. The average molecular weight is 327 g/mol. The van der Waals surface area contributed by atoms with Crippen LogP contribution in [-0.2, 0) is 0 Å². The molecular formula is C14H16Cl2N4O. The second kappa shape index (κ2) is 6.30. The lowest BCUT2D eigenvalue weighted by molar-refractivity contribution is 0.332. The van der Waals surface area contributed by atoms with Gasteiger partial charge in [-0.15, -0.1) is 0 Å². The van der Waals surface area contributed by atoms with Crippen LogP contribution in [0.25, 0.3) is 11.5 Å². The van der Waals surface area contributed by atoms with Gasteiger partial charge in [0.25, 0.3) is 0 Å². The number of nitrogens with zero attached hydrogens (tertiary/aromatic N) is 3. The van der Waals surface area contributed by atoms with Gasteiger partial charge >= 0.3 is 0 Å². The highest BCUT2D eigenvalue weighted by Gasteiger charge is 2.32. The molecule has 3 rings (SSSR count). The third-order valence-corrected chi connectivity index (χ3v) is 4.26. The van der Waals surface area contributed by atoms with Gasteiger partial charge in [0.15, 0.2) is 0 Å². The number of rotatable bonds is 4. The van der Waals surface area contributed by atoms with Gasteiger partial charge in [0.1, 0.15) is 5.69 Å². The van der Waals surface area contributed by atoms with Crippen LogP contribution in [0.15, 0.2) is 16.8 Å². The fraction of sp³-hybridized carbons (Fsp3) is 0.500. The lowest BCUT2D eigenvalue weighted by atomic mass is 10.0. The predicted octanol–water partition coefficient (Wildman–Crippen LogP) is 3.68. The van der Waals surface area contributed by atoms with Gasteiger partial charge in [0.05, 0.1) is 16.0 Å². The Morgan fingerprint density at radius 1 is 1.38 bits per heavy atom. The minimum atomic E-state index is 0.261. The third kappa shape index (κ3) is 3.05. The topological polar surface area (TPSA) is 63.8 Å². The maximum Gasteiger partial charge on any atom is 0.231 e. The first-order valence-electron chi connectivity index (χ1n) is 7.07. The van der Waals surface area contributed by atoms with E-state index in [2.05, 4.69) is 27.4 Å². The van der Waals surface area contributed by atoms with Gasteiger partial charge in [-0.05, 0) is 25.5 Å². The minimum absolute atomic E-state index is 0.261. The Hall–Kier alpha value is -1.17. The molecule has 1 aliphatic rings. The lowest BCUT2D eigenvalue weighted by Crippen LogP contribution is -2.31. The summed E-state index contributed by atoms with van der Waals surface area (Å²) in [6, 6.07) is 2.02. The van der Waals surface area contributed by atoms with Crippen molar-refractivity contribution in [1.82, 2.24) is 20.4 Å². The highest BCUT2D eigenvalue weighted by Crippen LogP contribution is 2.35.